The van der Waals surface area contributed by atoms with Crippen LogP contribution in [0.4, 0.5) is 4.79 Å². The predicted molar refractivity (Wildman–Crippen MR) is 72.6 cm³/mol. The van der Waals surface area contributed by atoms with Gasteiger partial charge in [0.05, 0.1) is 12.2 Å². The van der Waals surface area contributed by atoms with Crippen LogP contribution in [-0.4, -0.2) is 43.0 Å². The van der Waals surface area contributed by atoms with Crippen molar-refractivity contribution in [1.29, 1.82) is 0 Å². The van der Waals surface area contributed by atoms with Crippen LogP contribution in [0.15, 0.2) is 0 Å². The van der Waals surface area contributed by atoms with Gasteiger partial charge in [0.2, 0.25) is 0 Å². The fourth-order valence-corrected chi connectivity index (χ4v) is 1.15. The molecule has 1 unspecified atom stereocenters. The molecule has 0 spiro atoms. The molecule has 1 atom stereocenters. The molecule has 0 aromatic carbocycles. The van der Waals surface area contributed by atoms with Crippen molar-refractivity contribution in [3.05, 3.63) is 0 Å². The van der Waals surface area contributed by atoms with Crippen LogP contribution in [0.25, 0.3) is 0 Å². The summed E-state index contributed by atoms with van der Waals surface area (Å²) in [6.45, 7) is 11.2. The molecule has 5 nitrogen and oxygen atoms in total. The summed E-state index contributed by atoms with van der Waals surface area (Å²) in [5.74, 6) is 0. The van der Waals surface area contributed by atoms with E-state index in [-0.39, 0.29) is 24.1 Å². The Hall–Kier alpha value is -0.810. The molecular formula is C13H28N2O3. The second-order valence-corrected chi connectivity index (χ2v) is 5.79. The fourth-order valence-electron chi connectivity index (χ4n) is 1.15. The third-order valence-corrected chi connectivity index (χ3v) is 2.51. The molecule has 0 aromatic rings. The number of aliphatic hydroxyl groups excluding tert-OH is 1. The van der Waals surface area contributed by atoms with Crippen LogP contribution in [0.3, 0.4) is 0 Å². The Labute approximate surface area is 110 Å². The third-order valence-electron chi connectivity index (χ3n) is 2.51. The van der Waals surface area contributed by atoms with Crippen LogP contribution in [0, 0.1) is 5.41 Å². The summed E-state index contributed by atoms with van der Waals surface area (Å²) in [6.07, 6.45) is 0.459. The molecule has 0 heterocycles. The van der Waals surface area contributed by atoms with E-state index in [1.165, 1.54) is 0 Å². The summed E-state index contributed by atoms with van der Waals surface area (Å²) in [6, 6.07) is -0.247. The first kappa shape index (κ1) is 17.2. The molecule has 0 rings (SSSR count). The first-order chi connectivity index (χ1) is 8.23. The van der Waals surface area contributed by atoms with E-state index in [1.54, 1.807) is 0 Å². The molecule has 0 aromatic heterocycles. The van der Waals surface area contributed by atoms with Gasteiger partial charge in [-0.05, 0) is 25.7 Å². The number of amides is 2. The molecule has 0 aliphatic carbocycles. The van der Waals surface area contributed by atoms with Crippen molar-refractivity contribution in [2.75, 3.05) is 19.7 Å². The minimum absolute atomic E-state index is 0.223. The normalized spacial score (nSPS) is 13.5. The highest BCUT2D eigenvalue weighted by Crippen LogP contribution is 2.17. The predicted octanol–water partition coefficient (Wildman–Crippen LogP) is 1.51. The zero-order valence-corrected chi connectivity index (χ0v) is 12.2. The average Bonchev–Trinajstić information content (AvgIpc) is 2.23. The van der Waals surface area contributed by atoms with Gasteiger partial charge < -0.3 is 20.5 Å². The van der Waals surface area contributed by atoms with Crippen molar-refractivity contribution >= 4 is 6.03 Å². The Kier molecular flexibility index (Phi) is 7.95. The van der Waals surface area contributed by atoms with E-state index in [0.29, 0.717) is 13.2 Å². The molecule has 2 amide bonds. The average molecular weight is 260 g/mol. The Morgan fingerprint density at radius 3 is 2.39 bits per heavy atom. The quantitative estimate of drug-likeness (QED) is 0.608. The monoisotopic (exact) mass is 260 g/mol. The van der Waals surface area contributed by atoms with Gasteiger partial charge in [0.15, 0.2) is 0 Å². The molecule has 5 heteroatoms. The first-order valence-electron chi connectivity index (χ1n) is 6.55. The number of nitrogens with one attached hydrogen (secondary N) is 2. The topological polar surface area (TPSA) is 70.6 Å². The van der Waals surface area contributed by atoms with Gasteiger partial charge in [-0.25, -0.2) is 4.79 Å². The Morgan fingerprint density at radius 1 is 1.28 bits per heavy atom. The largest absolute Gasteiger partial charge is 0.391 e. The summed E-state index contributed by atoms with van der Waals surface area (Å²) in [4.78, 5) is 11.4. The van der Waals surface area contributed by atoms with E-state index >= 15 is 0 Å². The summed E-state index contributed by atoms with van der Waals surface area (Å²) >= 11 is 0. The van der Waals surface area contributed by atoms with Gasteiger partial charge in [0.1, 0.15) is 0 Å². The first-order valence-corrected chi connectivity index (χ1v) is 6.55. The number of urea groups is 1. The zero-order valence-electron chi connectivity index (χ0n) is 12.2. The van der Waals surface area contributed by atoms with Gasteiger partial charge in [-0.15, -0.1) is 0 Å². The highest BCUT2D eigenvalue weighted by atomic mass is 16.5. The van der Waals surface area contributed by atoms with Crippen molar-refractivity contribution in [3.63, 3.8) is 0 Å². The second-order valence-electron chi connectivity index (χ2n) is 5.79. The highest BCUT2D eigenvalue weighted by Gasteiger charge is 2.22. The number of ether oxygens (including phenoxy) is 1. The SMILES string of the molecule is CC(C)OCCCNC(=O)NCC(O)C(C)(C)C. The standard InChI is InChI=1S/C13H28N2O3/c1-10(2)18-8-6-7-14-12(17)15-9-11(16)13(3,4)5/h10-11,16H,6-9H2,1-5H3,(H2,14,15,17). The van der Waals surface area contributed by atoms with Gasteiger partial charge in [-0.2, -0.15) is 0 Å². The lowest BCUT2D eigenvalue weighted by Crippen LogP contribution is -2.43. The van der Waals surface area contributed by atoms with Crippen molar-refractivity contribution in [2.45, 2.75) is 53.2 Å². The maximum Gasteiger partial charge on any atom is 0.314 e. The lowest BCUT2D eigenvalue weighted by atomic mass is 9.89. The van der Waals surface area contributed by atoms with Gasteiger partial charge in [0.25, 0.3) is 0 Å². The lowest BCUT2D eigenvalue weighted by Gasteiger charge is -2.25. The van der Waals surface area contributed by atoms with Crippen LogP contribution < -0.4 is 10.6 Å². The molecule has 0 bridgehead atoms. The molecule has 3 N–H and O–H groups in total. The maximum absolute atomic E-state index is 11.4. The maximum atomic E-state index is 11.4. The number of carbonyl (C=O) groups excluding carboxylic acids is 1. The minimum atomic E-state index is -0.549. The van der Waals surface area contributed by atoms with Crippen molar-refractivity contribution < 1.29 is 14.6 Å². The van der Waals surface area contributed by atoms with Gasteiger partial charge in [-0.3, -0.25) is 0 Å². The van der Waals surface area contributed by atoms with Crippen LogP contribution in [0.2, 0.25) is 0 Å². The molecule has 0 aliphatic rings. The highest BCUT2D eigenvalue weighted by molar-refractivity contribution is 5.73. The molecule has 0 aliphatic heterocycles. The van der Waals surface area contributed by atoms with Crippen LogP contribution in [0.5, 0.6) is 0 Å². The molecule has 0 saturated heterocycles. The molecule has 0 radical (unpaired) electrons. The van der Waals surface area contributed by atoms with E-state index in [1.807, 2.05) is 34.6 Å². The van der Waals surface area contributed by atoms with Gasteiger partial charge in [0, 0.05) is 19.7 Å². The Bertz CT molecular complexity index is 237. The molecule has 0 saturated carbocycles. The lowest BCUT2D eigenvalue weighted by molar-refractivity contribution is 0.0647. The minimum Gasteiger partial charge on any atom is -0.391 e. The Balaban J connectivity index is 3.55. The summed E-state index contributed by atoms with van der Waals surface area (Å²) in [5.41, 5.74) is -0.224. The zero-order chi connectivity index (χ0) is 14.2. The van der Waals surface area contributed by atoms with E-state index in [4.69, 9.17) is 4.74 Å². The summed E-state index contributed by atoms with van der Waals surface area (Å²) < 4.78 is 5.35. The second kappa shape index (κ2) is 8.32. The van der Waals surface area contributed by atoms with E-state index in [2.05, 4.69) is 10.6 Å². The molecular weight excluding hydrogens is 232 g/mol. The third kappa shape index (κ3) is 9.24. The molecule has 108 valence electrons. The fraction of sp³-hybridized carbons (Fsp3) is 0.923. The van der Waals surface area contributed by atoms with Crippen molar-refractivity contribution in [3.8, 4) is 0 Å². The number of hydrogen-bond donors (Lipinski definition) is 3. The number of carbonyl (C=O) groups is 1. The van der Waals surface area contributed by atoms with Crippen LogP contribution >= 0.6 is 0 Å². The van der Waals surface area contributed by atoms with Crippen molar-refractivity contribution in [2.24, 2.45) is 5.41 Å². The summed E-state index contributed by atoms with van der Waals surface area (Å²) in [7, 11) is 0. The van der Waals surface area contributed by atoms with Gasteiger partial charge in [-0.1, -0.05) is 20.8 Å². The number of aliphatic hydroxyl groups is 1. The smallest absolute Gasteiger partial charge is 0.314 e. The summed E-state index contributed by atoms with van der Waals surface area (Å²) in [5, 5.41) is 15.1. The van der Waals surface area contributed by atoms with Gasteiger partial charge >= 0.3 is 6.03 Å². The molecule has 0 fully saturated rings. The van der Waals surface area contributed by atoms with Crippen LogP contribution in [0.1, 0.15) is 41.0 Å². The number of hydrogen-bond acceptors (Lipinski definition) is 3. The van der Waals surface area contributed by atoms with Crippen LogP contribution in [-0.2, 0) is 4.74 Å². The van der Waals surface area contributed by atoms with Crippen molar-refractivity contribution in [1.82, 2.24) is 10.6 Å². The van der Waals surface area contributed by atoms with E-state index in [0.717, 1.165) is 6.42 Å². The molecule has 18 heavy (non-hydrogen) atoms. The van der Waals surface area contributed by atoms with E-state index < -0.39 is 6.10 Å². The number of rotatable bonds is 7. The van der Waals surface area contributed by atoms with E-state index in [9.17, 15) is 9.90 Å². The Morgan fingerprint density at radius 2 is 1.89 bits per heavy atom.